The molecule has 1 aromatic heterocycles. The molecule has 0 radical (unpaired) electrons. The molecule has 140 valence electrons. The third-order valence-electron chi connectivity index (χ3n) is 5.17. The summed E-state index contributed by atoms with van der Waals surface area (Å²) in [6.45, 7) is 1.17. The first kappa shape index (κ1) is 17.5. The van der Waals surface area contributed by atoms with E-state index in [0.717, 1.165) is 37.0 Å². The highest BCUT2D eigenvalue weighted by Crippen LogP contribution is 2.25. The number of benzene rings is 1. The number of hydrogen-bond donors (Lipinski definition) is 1. The van der Waals surface area contributed by atoms with Crippen LogP contribution in [-0.4, -0.2) is 47.3 Å². The summed E-state index contributed by atoms with van der Waals surface area (Å²) < 4.78 is 28.9. The number of carbonyl (C=O) groups excluding carboxylic acids is 1. The molecule has 2 heterocycles. The quantitative estimate of drug-likeness (QED) is 0.829. The van der Waals surface area contributed by atoms with E-state index in [0.29, 0.717) is 42.4 Å². The van der Waals surface area contributed by atoms with Crippen molar-refractivity contribution in [3.8, 4) is 0 Å². The number of sulfonamides is 1. The van der Waals surface area contributed by atoms with E-state index in [1.165, 1.54) is 0 Å². The van der Waals surface area contributed by atoms with E-state index in [-0.39, 0.29) is 5.91 Å². The molecule has 1 saturated heterocycles. The first-order chi connectivity index (χ1) is 12.4. The van der Waals surface area contributed by atoms with Gasteiger partial charge in [-0.3, -0.25) is 4.79 Å². The lowest BCUT2D eigenvalue weighted by Gasteiger charge is -2.15. The molecule has 4 rings (SSSR count). The van der Waals surface area contributed by atoms with Crippen LogP contribution in [0.1, 0.15) is 37.9 Å². The van der Waals surface area contributed by atoms with Crippen LogP contribution in [0.3, 0.4) is 0 Å². The number of aryl methyl sites for hydroxylation is 2. The largest absolute Gasteiger partial charge is 0.353 e. The molecule has 7 nitrogen and oxygen atoms in total. The predicted octanol–water partition coefficient (Wildman–Crippen LogP) is 1.57. The first-order valence-corrected chi connectivity index (χ1v) is 10.6. The Hall–Kier alpha value is -1.93. The van der Waals surface area contributed by atoms with Crippen LogP contribution in [0.5, 0.6) is 0 Å². The molecule has 1 amide bonds. The first-order valence-electron chi connectivity index (χ1n) is 9.20. The van der Waals surface area contributed by atoms with Crippen molar-refractivity contribution in [2.45, 2.75) is 49.5 Å². The highest BCUT2D eigenvalue weighted by Gasteiger charge is 2.28. The molecule has 0 unspecified atom stereocenters. The van der Waals surface area contributed by atoms with E-state index in [1.807, 2.05) is 11.6 Å². The van der Waals surface area contributed by atoms with Gasteiger partial charge in [0, 0.05) is 39.0 Å². The predicted molar refractivity (Wildman–Crippen MR) is 98.2 cm³/mol. The van der Waals surface area contributed by atoms with Gasteiger partial charge in [0.05, 0.1) is 15.9 Å². The second kappa shape index (κ2) is 6.66. The zero-order valence-electron chi connectivity index (χ0n) is 14.9. The van der Waals surface area contributed by atoms with E-state index in [1.54, 1.807) is 22.5 Å². The topological polar surface area (TPSA) is 84.3 Å². The van der Waals surface area contributed by atoms with Crippen LogP contribution in [0.2, 0.25) is 0 Å². The van der Waals surface area contributed by atoms with Gasteiger partial charge in [-0.25, -0.2) is 13.4 Å². The molecule has 0 atom stereocenters. The van der Waals surface area contributed by atoms with Crippen molar-refractivity contribution in [2.24, 2.45) is 7.05 Å². The number of rotatable bonds is 6. The van der Waals surface area contributed by atoms with Crippen molar-refractivity contribution in [3.63, 3.8) is 0 Å². The lowest BCUT2D eigenvalue weighted by atomic mass is 10.3. The summed E-state index contributed by atoms with van der Waals surface area (Å²) in [7, 11) is -1.55. The minimum absolute atomic E-state index is 0.0526. The maximum absolute atomic E-state index is 12.7. The fourth-order valence-corrected chi connectivity index (χ4v) is 4.98. The Kier molecular flexibility index (Phi) is 4.48. The highest BCUT2D eigenvalue weighted by atomic mass is 32.2. The zero-order valence-corrected chi connectivity index (χ0v) is 15.8. The zero-order chi connectivity index (χ0) is 18.3. The summed E-state index contributed by atoms with van der Waals surface area (Å²) in [6, 6.07) is 5.47. The van der Waals surface area contributed by atoms with Gasteiger partial charge in [0.2, 0.25) is 15.9 Å². The van der Waals surface area contributed by atoms with Gasteiger partial charge in [-0.2, -0.15) is 4.31 Å². The Morgan fingerprint density at radius 3 is 2.69 bits per heavy atom. The van der Waals surface area contributed by atoms with Gasteiger partial charge in [-0.1, -0.05) is 0 Å². The van der Waals surface area contributed by atoms with Gasteiger partial charge in [0.1, 0.15) is 5.82 Å². The second-order valence-corrected chi connectivity index (χ2v) is 9.13. The van der Waals surface area contributed by atoms with Gasteiger partial charge in [0.15, 0.2) is 0 Å². The van der Waals surface area contributed by atoms with Crippen molar-refractivity contribution >= 4 is 27.0 Å². The molecule has 1 N–H and O–H groups in total. The molecule has 2 fully saturated rings. The number of nitrogens with one attached hydrogen (secondary N) is 1. The van der Waals surface area contributed by atoms with Crippen LogP contribution in [0.15, 0.2) is 23.1 Å². The van der Waals surface area contributed by atoms with E-state index < -0.39 is 10.0 Å². The van der Waals surface area contributed by atoms with E-state index in [4.69, 9.17) is 0 Å². The average molecular weight is 376 g/mol. The average Bonchev–Trinajstić information content (AvgIpc) is 3.14. The summed E-state index contributed by atoms with van der Waals surface area (Å²) >= 11 is 0. The van der Waals surface area contributed by atoms with Crippen molar-refractivity contribution in [1.82, 2.24) is 19.2 Å². The van der Waals surface area contributed by atoms with Crippen molar-refractivity contribution in [3.05, 3.63) is 24.0 Å². The molecule has 1 saturated carbocycles. The third-order valence-corrected chi connectivity index (χ3v) is 7.06. The molecule has 1 aromatic carbocycles. The van der Waals surface area contributed by atoms with Crippen LogP contribution in [0.25, 0.3) is 11.0 Å². The Morgan fingerprint density at radius 1 is 1.27 bits per heavy atom. The van der Waals surface area contributed by atoms with Gasteiger partial charge >= 0.3 is 0 Å². The normalized spacial score (nSPS) is 18.5. The standard InChI is InChI=1S/C18H24N4O3S/c1-21-16-7-6-14(26(24,25)22-10-2-3-11-22)12-15(16)20-17(21)8-9-18(23)19-13-4-5-13/h6-7,12-13H,2-5,8-11H2,1H3,(H,19,23). The van der Waals surface area contributed by atoms with Crippen molar-refractivity contribution < 1.29 is 13.2 Å². The van der Waals surface area contributed by atoms with Crippen LogP contribution in [-0.2, 0) is 28.3 Å². The molecular weight excluding hydrogens is 352 g/mol. The number of imidazole rings is 1. The fraction of sp³-hybridized carbons (Fsp3) is 0.556. The molecule has 8 heteroatoms. The van der Waals surface area contributed by atoms with Gasteiger partial charge in [-0.05, 0) is 43.9 Å². The van der Waals surface area contributed by atoms with Crippen molar-refractivity contribution in [1.29, 1.82) is 0 Å². The summed E-state index contributed by atoms with van der Waals surface area (Å²) in [6.07, 6.45) is 4.92. The summed E-state index contributed by atoms with van der Waals surface area (Å²) in [5.41, 5.74) is 1.54. The summed E-state index contributed by atoms with van der Waals surface area (Å²) in [4.78, 5) is 16.8. The van der Waals surface area contributed by atoms with Gasteiger partial charge < -0.3 is 9.88 Å². The Morgan fingerprint density at radius 2 is 2.00 bits per heavy atom. The maximum Gasteiger partial charge on any atom is 0.243 e. The van der Waals surface area contributed by atoms with Crippen LogP contribution in [0.4, 0.5) is 0 Å². The molecule has 1 aliphatic carbocycles. The van der Waals surface area contributed by atoms with Crippen LogP contribution < -0.4 is 5.32 Å². The number of fused-ring (bicyclic) bond motifs is 1. The third kappa shape index (κ3) is 3.35. The van der Waals surface area contributed by atoms with Crippen LogP contribution in [0, 0.1) is 0 Å². The lowest BCUT2D eigenvalue weighted by molar-refractivity contribution is -0.121. The Labute approximate surface area is 153 Å². The van der Waals surface area contributed by atoms with E-state index >= 15 is 0 Å². The number of aromatic nitrogens is 2. The Balaban J connectivity index is 1.55. The SMILES string of the molecule is Cn1c(CCC(=O)NC2CC2)nc2cc(S(=O)(=O)N3CCCC3)ccc21. The molecule has 0 spiro atoms. The number of hydrogen-bond acceptors (Lipinski definition) is 4. The minimum Gasteiger partial charge on any atom is -0.353 e. The van der Waals surface area contributed by atoms with Crippen molar-refractivity contribution in [2.75, 3.05) is 13.1 Å². The molecule has 2 aliphatic rings. The van der Waals surface area contributed by atoms with Gasteiger partial charge in [-0.15, -0.1) is 0 Å². The molecule has 1 aliphatic heterocycles. The second-order valence-electron chi connectivity index (χ2n) is 7.19. The van der Waals surface area contributed by atoms with Crippen LogP contribution >= 0.6 is 0 Å². The monoisotopic (exact) mass is 376 g/mol. The number of nitrogens with zero attached hydrogens (tertiary/aromatic N) is 3. The fourth-order valence-electron chi connectivity index (χ4n) is 3.44. The highest BCUT2D eigenvalue weighted by molar-refractivity contribution is 7.89. The molecule has 26 heavy (non-hydrogen) atoms. The van der Waals surface area contributed by atoms with E-state index in [2.05, 4.69) is 10.3 Å². The molecule has 2 aromatic rings. The number of carbonyl (C=O) groups is 1. The summed E-state index contributed by atoms with van der Waals surface area (Å²) in [5.74, 6) is 0.846. The molecular formula is C18H24N4O3S. The van der Waals surface area contributed by atoms with Gasteiger partial charge in [0.25, 0.3) is 0 Å². The summed E-state index contributed by atoms with van der Waals surface area (Å²) in [5, 5.41) is 2.98. The minimum atomic E-state index is -3.45. The smallest absolute Gasteiger partial charge is 0.243 e. The maximum atomic E-state index is 12.7. The lowest BCUT2D eigenvalue weighted by Crippen LogP contribution is -2.27. The van der Waals surface area contributed by atoms with E-state index in [9.17, 15) is 13.2 Å². The Bertz CT molecular complexity index is 941. The number of amides is 1. The molecule has 0 bridgehead atoms.